The number of rotatable bonds is 10. The molecule has 1 aromatic carbocycles. The van der Waals surface area contributed by atoms with Gasteiger partial charge >= 0.3 is 5.92 Å². The second-order valence-electron chi connectivity index (χ2n) is 8.98. The number of nitriles is 1. The van der Waals surface area contributed by atoms with Gasteiger partial charge in [-0.3, -0.25) is 14.4 Å². The highest BCUT2D eigenvalue weighted by molar-refractivity contribution is 6.31. The number of amides is 3. The summed E-state index contributed by atoms with van der Waals surface area (Å²) in [6, 6.07) is 4.83. The van der Waals surface area contributed by atoms with E-state index in [1.54, 1.807) is 13.8 Å². The van der Waals surface area contributed by atoms with Crippen LogP contribution in [0.25, 0.3) is 0 Å². The summed E-state index contributed by atoms with van der Waals surface area (Å²) in [5.41, 5.74) is -3.31. The van der Waals surface area contributed by atoms with Crippen LogP contribution in [0.4, 0.5) is 8.78 Å². The molecule has 4 N–H and O–H groups in total. The average molecular weight is 499 g/mol. The Bertz CT molecular complexity index is 965. The van der Waals surface area contributed by atoms with Crippen molar-refractivity contribution in [2.75, 3.05) is 6.54 Å². The summed E-state index contributed by atoms with van der Waals surface area (Å²) in [7, 11) is 0. The molecular weight excluding hydrogens is 470 g/mol. The Kier molecular flexibility index (Phi) is 8.97. The fraction of sp³-hybridized carbons (Fsp3) is 0.565. The smallest absolute Gasteiger partial charge is 0.356 e. The van der Waals surface area contributed by atoms with Crippen molar-refractivity contribution in [2.24, 2.45) is 11.8 Å². The molecule has 0 aliphatic carbocycles. The second kappa shape index (κ2) is 11.1. The summed E-state index contributed by atoms with van der Waals surface area (Å²) in [5, 5.41) is 26.9. The fourth-order valence-corrected chi connectivity index (χ4v) is 4.09. The van der Waals surface area contributed by atoms with Crippen molar-refractivity contribution in [1.82, 2.24) is 16.0 Å². The van der Waals surface area contributed by atoms with Gasteiger partial charge in [-0.05, 0) is 38.2 Å². The first-order valence-electron chi connectivity index (χ1n) is 10.9. The largest absolute Gasteiger partial charge is 0.378 e. The molecule has 3 amide bonds. The zero-order valence-corrected chi connectivity index (χ0v) is 20.0. The third-order valence-corrected chi connectivity index (χ3v) is 6.11. The topological polar surface area (TPSA) is 131 Å². The molecule has 0 bridgehead atoms. The van der Waals surface area contributed by atoms with E-state index in [-0.39, 0.29) is 35.3 Å². The summed E-state index contributed by atoms with van der Waals surface area (Å²) in [5.74, 6) is -7.87. The van der Waals surface area contributed by atoms with Crippen LogP contribution < -0.4 is 16.0 Å². The van der Waals surface area contributed by atoms with E-state index in [0.29, 0.717) is 13.0 Å². The van der Waals surface area contributed by atoms with Gasteiger partial charge in [0.25, 0.3) is 5.91 Å². The molecule has 4 atom stereocenters. The molecule has 0 radical (unpaired) electrons. The van der Waals surface area contributed by atoms with Crippen LogP contribution in [0, 0.1) is 23.2 Å². The lowest BCUT2D eigenvalue weighted by molar-refractivity contribution is -0.192. The van der Waals surface area contributed by atoms with E-state index in [0.717, 1.165) is 6.92 Å². The molecule has 186 valence electrons. The van der Waals surface area contributed by atoms with Crippen LogP contribution in [-0.2, 0) is 20.0 Å². The van der Waals surface area contributed by atoms with Gasteiger partial charge in [-0.25, -0.2) is 0 Å². The van der Waals surface area contributed by atoms with Gasteiger partial charge < -0.3 is 21.1 Å². The predicted molar refractivity (Wildman–Crippen MR) is 121 cm³/mol. The quantitative estimate of drug-likeness (QED) is 0.393. The maximum atomic E-state index is 15.1. The van der Waals surface area contributed by atoms with Gasteiger partial charge in [0, 0.05) is 23.0 Å². The van der Waals surface area contributed by atoms with E-state index in [1.807, 2.05) is 11.4 Å². The van der Waals surface area contributed by atoms with Crippen molar-refractivity contribution in [3.05, 3.63) is 34.9 Å². The van der Waals surface area contributed by atoms with E-state index in [4.69, 9.17) is 11.6 Å². The lowest BCUT2D eigenvalue weighted by atomic mass is 9.88. The number of hydrogen-bond donors (Lipinski definition) is 4. The van der Waals surface area contributed by atoms with Crippen LogP contribution in [0.15, 0.2) is 24.3 Å². The molecule has 0 saturated carbocycles. The van der Waals surface area contributed by atoms with Crippen molar-refractivity contribution in [3.63, 3.8) is 0 Å². The van der Waals surface area contributed by atoms with Gasteiger partial charge in [-0.15, -0.1) is 0 Å². The van der Waals surface area contributed by atoms with E-state index >= 15 is 8.78 Å². The zero-order chi connectivity index (χ0) is 25.7. The van der Waals surface area contributed by atoms with Crippen molar-refractivity contribution in [2.45, 2.75) is 63.6 Å². The Morgan fingerprint density at radius 3 is 2.50 bits per heavy atom. The van der Waals surface area contributed by atoms with Gasteiger partial charge in [-0.1, -0.05) is 43.6 Å². The molecule has 1 aromatic rings. The number of nitrogens with one attached hydrogen (secondary N) is 3. The lowest BCUT2D eigenvalue weighted by Crippen LogP contribution is -2.59. The average Bonchev–Trinajstić information content (AvgIpc) is 3.16. The first-order chi connectivity index (χ1) is 15.8. The molecule has 1 aliphatic heterocycles. The maximum absolute atomic E-state index is 15.1. The minimum atomic E-state index is -4.34. The minimum absolute atomic E-state index is 0.00392. The highest BCUT2D eigenvalue weighted by atomic mass is 35.5. The molecule has 1 saturated heterocycles. The van der Waals surface area contributed by atoms with Gasteiger partial charge in [0.05, 0.1) is 6.07 Å². The molecule has 0 unspecified atom stereocenters. The number of carbonyl (C=O) groups excluding carboxylic acids is 3. The number of nitrogens with zero attached hydrogens (tertiary/aromatic N) is 1. The zero-order valence-electron chi connectivity index (χ0n) is 19.2. The number of alkyl halides is 2. The molecule has 1 fully saturated rings. The standard InChI is InChI=1S/C23H29ClF2N4O4/c1-13(2)10-18(20(32)29-15(12-27)11-14-8-9-28-19(14)31)30-21(33)23(25,26)22(3,34)16-6-4-5-7-17(16)24/h4-7,13-15,18,34H,8-11H2,1-3H3,(H,28,31)(H,29,32)(H,30,33)/t14-,15-,18-,22-/m0/s1. The molecule has 1 heterocycles. The minimum Gasteiger partial charge on any atom is -0.378 e. The van der Waals surface area contributed by atoms with E-state index < -0.39 is 41.3 Å². The van der Waals surface area contributed by atoms with Crippen LogP contribution in [0.2, 0.25) is 5.02 Å². The van der Waals surface area contributed by atoms with Gasteiger partial charge in [0.1, 0.15) is 12.1 Å². The number of aliphatic hydroxyl groups is 1. The van der Waals surface area contributed by atoms with Crippen molar-refractivity contribution >= 4 is 29.3 Å². The molecule has 2 rings (SSSR count). The third-order valence-electron chi connectivity index (χ3n) is 5.78. The van der Waals surface area contributed by atoms with Crippen LogP contribution >= 0.6 is 11.6 Å². The highest BCUT2D eigenvalue weighted by Crippen LogP contribution is 2.40. The number of carbonyl (C=O) groups is 3. The van der Waals surface area contributed by atoms with Crippen LogP contribution in [0.1, 0.15) is 45.6 Å². The first kappa shape index (κ1) is 27.5. The van der Waals surface area contributed by atoms with Crippen LogP contribution in [-0.4, -0.2) is 47.4 Å². The summed E-state index contributed by atoms with van der Waals surface area (Å²) < 4.78 is 30.2. The molecule has 8 nitrogen and oxygen atoms in total. The summed E-state index contributed by atoms with van der Waals surface area (Å²) in [6.45, 7) is 4.70. The normalized spacial score (nSPS) is 19.5. The van der Waals surface area contributed by atoms with E-state index in [9.17, 15) is 24.8 Å². The monoisotopic (exact) mass is 498 g/mol. The van der Waals surface area contributed by atoms with Crippen LogP contribution in [0.5, 0.6) is 0 Å². The Hall–Kier alpha value is -2.77. The fourth-order valence-electron chi connectivity index (χ4n) is 3.77. The molecular formula is C23H29ClF2N4O4. The van der Waals surface area contributed by atoms with Crippen molar-refractivity contribution in [1.29, 1.82) is 5.26 Å². The Morgan fingerprint density at radius 1 is 1.32 bits per heavy atom. The number of benzene rings is 1. The Balaban J connectivity index is 2.18. The SMILES string of the molecule is CC(C)C[C@H](NC(=O)C(F)(F)[C@@](C)(O)c1ccccc1Cl)C(=O)N[C@H](C#N)C[C@@H]1CCNC1=O. The van der Waals surface area contributed by atoms with Crippen molar-refractivity contribution in [3.8, 4) is 6.07 Å². The first-order valence-corrected chi connectivity index (χ1v) is 11.3. The molecule has 11 heteroatoms. The summed E-state index contributed by atoms with van der Waals surface area (Å²) in [6.07, 6.45) is 0.583. The molecule has 0 aromatic heterocycles. The number of hydrogen-bond acceptors (Lipinski definition) is 5. The van der Waals surface area contributed by atoms with Gasteiger partial charge in [0.2, 0.25) is 11.8 Å². The third kappa shape index (κ3) is 6.21. The molecule has 34 heavy (non-hydrogen) atoms. The van der Waals surface area contributed by atoms with Gasteiger partial charge in [-0.2, -0.15) is 14.0 Å². The van der Waals surface area contributed by atoms with Gasteiger partial charge in [0.15, 0.2) is 5.60 Å². The maximum Gasteiger partial charge on any atom is 0.356 e. The lowest BCUT2D eigenvalue weighted by Gasteiger charge is -2.33. The van der Waals surface area contributed by atoms with E-state index in [1.165, 1.54) is 24.3 Å². The highest BCUT2D eigenvalue weighted by Gasteiger charge is 2.57. The Morgan fingerprint density at radius 2 is 1.97 bits per heavy atom. The van der Waals surface area contributed by atoms with Crippen LogP contribution in [0.3, 0.4) is 0 Å². The predicted octanol–water partition coefficient (Wildman–Crippen LogP) is 2.25. The van der Waals surface area contributed by atoms with Crippen molar-refractivity contribution < 1.29 is 28.3 Å². The summed E-state index contributed by atoms with van der Waals surface area (Å²) in [4.78, 5) is 37.2. The van der Waals surface area contributed by atoms with E-state index in [2.05, 4.69) is 10.6 Å². The molecule has 1 aliphatic rings. The molecule has 0 spiro atoms. The Labute approximate surface area is 202 Å². The summed E-state index contributed by atoms with van der Waals surface area (Å²) >= 11 is 5.95. The number of halogens is 3. The second-order valence-corrected chi connectivity index (χ2v) is 9.39.